The van der Waals surface area contributed by atoms with Gasteiger partial charge in [0, 0.05) is 35.3 Å². The monoisotopic (exact) mass is 562 g/mol. The summed E-state index contributed by atoms with van der Waals surface area (Å²) in [5, 5.41) is 44.3. The number of cyclic esters (lactones) is 1. The Morgan fingerprint density at radius 1 is 1.10 bits per heavy atom. The van der Waals surface area contributed by atoms with Crippen LogP contribution < -0.4 is 0 Å². The molecule has 1 spiro atoms. The third-order valence-corrected chi connectivity index (χ3v) is 11.3. The number of Topliss-reactive ketones (excluding diaryl/α,β-unsaturated/α-hetero) is 1. The highest BCUT2D eigenvalue weighted by Gasteiger charge is 2.83. The van der Waals surface area contributed by atoms with Crippen molar-refractivity contribution < 1.29 is 53.8 Å². The van der Waals surface area contributed by atoms with Gasteiger partial charge in [-0.3, -0.25) is 4.79 Å². The first kappa shape index (κ1) is 28.0. The zero-order valence-corrected chi connectivity index (χ0v) is 22.8. The minimum absolute atomic E-state index is 0.0351. The van der Waals surface area contributed by atoms with E-state index >= 15 is 0 Å². The first-order valence-electron chi connectivity index (χ1n) is 14.2. The maximum Gasteiger partial charge on any atom is 0.330 e. The number of aliphatic hydroxyl groups is 4. The molecule has 11 nitrogen and oxygen atoms in total. The van der Waals surface area contributed by atoms with Gasteiger partial charge in [-0.2, -0.15) is 0 Å². The van der Waals surface area contributed by atoms with Crippen LogP contribution in [-0.2, 0) is 33.3 Å². The van der Waals surface area contributed by atoms with Gasteiger partial charge >= 0.3 is 11.9 Å². The fourth-order valence-corrected chi connectivity index (χ4v) is 8.89. The summed E-state index contributed by atoms with van der Waals surface area (Å²) >= 11 is 0. The standard InChI is InChI=1S/C29H38O11/c1-25(35)8-9-27-15-37-22(33)11-16-6-10-38-28(23(16)34,18(31)14-30)7-4-3-5-21(32)39-19-12-20-29(36,26(19,27)2)13-17(25)24(27)40-20/h3,5,11,17,19-20,23-24,30,34-36H,4,6-10,12-15H2,1-2H3/b5-3+,16-11+. The number of fused-ring (bicyclic) bond motifs is 2. The molecule has 8 bridgehead atoms. The molecule has 4 aliphatic heterocycles. The number of hydrogen-bond donors (Lipinski definition) is 4. The van der Waals surface area contributed by atoms with E-state index in [0.717, 1.165) is 0 Å². The highest BCUT2D eigenvalue weighted by Crippen LogP contribution is 2.74. The van der Waals surface area contributed by atoms with Crippen LogP contribution in [0.3, 0.4) is 0 Å². The molecule has 11 heteroatoms. The number of allylic oxidation sites excluding steroid dienone is 1. The van der Waals surface area contributed by atoms with Crippen molar-refractivity contribution >= 4 is 17.7 Å². The number of esters is 2. The quantitative estimate of drug-likeness (QED) is 0.341. The third kappa shape index (κ3) is 3.54. The van der Waals surface area contributed by atoms with Gasteiger partial charge < -0.3 is 39.4 Å². The van der Waals surface area contributed by atoms with Crippen molar-refractivity contribution in [1.29, 1.82) is 0 Å². The number of ketones is 1. The zero-order chi connectivity index (χ0) is 28.7. The second-order valence-corrected chi connectivity index (χ2v) is 12.9. The van der Waals surface area contributed by atoms with Crippen molar-refractivity contribution in [3.63, 3.8) is 0 Å². The summed E-state index contributed by atoms with van der Waals surface area (Å²) in [6.07, 6.45) is 2.18. The molecule has 220 valence electrons. The Morgan fingerprint density at radius 2 is 1.88 bits per heavy atom. The van der Waals surface area contributed by atoms with Crippen molar-refractivity contribution in [2.75, 3.05) is 19.8 Å². The second kappa shape index (κ2) is 9.17. The first-order chi connectivity index (χ1) is 18.8. The Labute approximate surface area is 232 Å². The zero-order valence-electron chi connectivity index (χ0n) is 22.8. The predicted molar refractivity (Wildman–Crippen MR) is 135 cm³/mol. The molecule has 7 rings (SSSR count). The van der Waals surface area contributed by atoms with Crippen LogP contribution in [0.1, 0.15) is 58.8 Å². The van der Waals surface area contributed by atoms with E-state index in [1.165, 1.54) is 18.2 Å². The summed E-state index contributed by atoms with van der Waals surface area (Å²) in [4.78, 5) is 39.0. The van der Waals surface area contributed by atoms with Crippen LogP contribution in [0.2, 0.25) is 0 Å². The molecule has 0 aromatic carbocycles. The molecule has 10 unspecified atom stereocenters. The molecule has 3 saturated heterocycles. The van der Waals surface area contributed by atoms with E-state index in [1.54, 1.807) is 6.92 Å². The van der Waals surface area contributed by atoms with Gasteiger partial charge in [-0.25, -0.2) is 9.59 Å². The van der Waals surface area contributed by atoms with E-state index in [9.17, 15) is 34.8 Å². The average molecular weight is 563 g/mol. The summed E-state index contributed by atoms with van der Waals surface area (Å²) in [6, 6.07) is 0. The highest BCUT2D eigenvalue weighted by atomic mass is 16.6. The molecule has 0 amide bonds. The summed E-state index contributed by atoms with van der Waals surface area (Å²) < 4.78 is 24.0. The minimum Gasteiger partial charge on any atom is -0.462 e. The van der Waals surface area contributed by atoms with E-state index < -0.39 is 82.3 Å². The smallest absolute Gasteiger partial charge is 0.330 e. The van der Waals surface area contributed by atoms with Crippen LogP contribution >= 0.6 is 0 Å². The molecule has 4 heterocycles. The van der Waals surface area contributed by atoms with Gasteiger partial charge in [0.1, 0.15) is 31.0 Å². The van der Waals surface area contributed by atoms with Crippen LogP contribution in [0.25, 0.3) is 0 Å². The van der Waals surface area contributed by atoms with E-state index in [-0.39, 0.29) is 50.9 Å². The summed E-state index contributed by atoms with van der Waals surface area (Å²) in [5.74, 6) is -2.51. The number of hydrogen-bond acceptors (Lipinski definition) is 11. The van der Waals surface area contributed by atoms with Crippen LogP contribution in [0.15, 0.2) is 23.8 Å². The SMILES string of the molecule is CC1(O)CCC23COC(=O)/C=C4\CCOC(C(=O)CO)(CC/C=C/C(=O)OC5CC6OC2C1CC6(O)C53C)C4O. The van der Waals surface area contributed by atoms with E-state index in [2.05, 4.69) is 0 Å². The van der Waals surface area contributed by atoms with Gasteiger partial charge in [0.05, 0.1) is 24.4 Å². The molecule has 3 aliphatic carbocycles. The lowest BCUT2D eigenvalue weighted by Gasteiger charge is -2.71. The Morgan fingerprint density at radius 3 is 2.62 bits per heavy atom. The predicted octanol–water partition coefficient (Wildman–Crippen LogP) is 0.259. The number of carbonyl (C=O) groups excluding carboxylic acids is 3. The molecule has 3 saturated carbocycles. The molecule has 0 aromatic heterocycles. The molecule has 7 aliphatic rings. The Balaban J connectivity index is 1.42. The largest absolute Gasteiger partial charge is 0.462 e. The molecule has 6 fully saturated rings. The number of rotatable bonds is 2. The van der Waals surface area contributed by atoms with Crippen molar-refractivity contribution in [2.45, 2.75) is 100 Å². The van der Waals surface area contributed by atoms with Gasteiger partial charge in [0.15, 0.2) is 11.4 Å². The molecule has 0 radical (unpaired) electrons. The molecule has 40 heavy (non-hydrogen) atoms. The van der Waals surface area contributed by atoms with E-state index in [0.29, 0.717) is 12.8 Å². The summed E-state index contributed by atoms with van der Waals surface area (Å²) in [6.45, 7) is 2.64. The molecular formula is C29H38O11. The van der Waals surface area contributed by atoms with Gasteiger partial charge in [0.2, 0.25) is 0 Å². The topological polar surface area (TPSA) is 169 Å². The Hall–Kier alpha value is -2.15. The lowest BCUT2D eigenvalue weighted by molar-refractivity contribution is -0.377. The van der Waals surface area contributed by atoms with Gasteiger partial charge in [-0.15, -0.1) is 0 Å². The molecule has 10 atom stereocenters. The van der Waals surface area contributed by atoms with Crippen molar-refractivity contribution in [3.8, 4) is 0 Å². The third-order valence-electron chi connectivity index (χ3n) is 11.3. The average Bonchev–Trinajstić information content (AvgIpc) is 3.06. The van der Waals surface area contributed by atoms with Crippen molar-refractivity contribution in [1.82, 2.24) is 0 Å². The van der Waals surface area contributed by atoms with Crippen LogP contribution in [0.4, 0.5) is 0 Å². The van der Waals surface area contributed by atoms with Crippen molar-refractivity contribution in [3.05, 3.63) is 23.8 Å². The van der Waals surface area contributed by atoms with Gasteiger partial charge in [-0.1, -0.05) is 13.0 Å². The van der Waals surface area contributed by atoms with Gasteiger partial charge in [0.25, 0.3) is 0 Å². The second-order valence-electron chi connectivity index (χ2n) is 12.9. The fourth-order valence-electron chi connectivity index (χ4n) is 8.89. The Kier molecular flexibility index (Phi) is 6.42. The maximum absolute atomic E-state index is 13.2. The maximum atomic E-state index is 13.2. The van der Waals surface area contributed by atoms with Crippen LogP contribution in [0.5, 0.6) is 0 Å². The number of aliphatic hydroxyl groups excluding tert-OH is 2. The Bertz CT molecular complexity index is 1180. The molecular weight excluding hydrogens is 524 g/mol. The normalized spacial score (nSPS) is 52.2. The van der Waals surface area contributed by atoms with Crippen LogP contribution in [-0.4, -0.2) is 99.2 Å². The highest BCUT2D eigenvalue weighted by molar-refractivity contribution is 5.90. The van der Waals surface area contributed by atoms with E-state index in [4.69, 9.17) is 18.9 Å². The summed E-state index contributed by atoms with van der Waals surface area (Å²) in [5.41, 5.74) is -6.00. The first-order valence-corrected chi connectivity index (χ1v) is 14.2. The minimum atomic E-state index is -1.77. The number of carbonyl (C=O) groups is 3. The molecule has 4 N–H and O–H groups in total. The lowest BCUT2D eigenvalue weighted by Crippen LogP contribution is -2.80. The van der Waals surface area contributed by atoms with Gasteiger partial charge in [-0.05, 0) is 51.0 Å². The lowest BCUT2D eigenvalue weighted by atomic mass is 9.40. The fraction of sp³-hybridized carbons (Fsp3) is 0.759. The molecule has 0 aromatic rings. The summed E-state index contributed by atoms with van der Waals surface area (Å²) in [7, 11) is 0. The number of ether oxygens (including phenoxy) is 4. The van der Waals surface area contributed by atoms with E-state index in [1.807, 2.05) is 6.92 Å². The van der Waals surface area contributed by atoms with Crippen LogP contribution in [0, 0.1) is 16.7 Å². The van der Waals surface area contributed by atoms with Crippen molar-refractivity contribution in [2.24, 2.45) is 16.7 Å².